The van der Waals surface area contributed by atoms with Crippen LogP contribution >= 0.6 is 11.8 Å². The maximum Gasteiger partial charge on any atom is 0.0485 e. The number of hydrogen-bond donors (Lipinski definition) is 1. The summed E-state index contributed by atoms with van der Waals surface area (Å²) in [5, 5.41) is 3.28. The minimum absolute atomic E-state index is 0.988. The van der Waals surface area contributed by atoms with E-state index in [1.807, 2.05) is 18.8 Å². The molecular weight excluding hydrogens is 300 g/mol. The normalized spacial score (nSPS) is 13.2. The molecule has 23 heavy (non-hydrogen) atoms. The van der Waals surface area contributed by atoms with Crippen molar-refractivity contribution in [1.82, 2.24) is 5.32 Å². The first kappa shape index (κ1) is 16.2. The summed E-state index contributed by atoms with van der Waals surface area (Å²) in [6, 6.07) is 15.5. The highest BCUT2D eigenvalue weighted by Gasteiger charge is 2.19. The molecule has 0 spiro atoms. The van der Waals surface area contributed by atoms with Gasteiger partial charge >= 0.3 is 0 Å². The van der Waals surface area contributed by atoms with Crippen molar-refractivity contribution in [3.63, 3.8) is 0 Å². The summed E-state index contributed by atoms with van der Waals surface area (Å²) in [4.78, 5) is 3.66. The van der Waals surface area contributed by atoms with Crippen molar-refractivity contribution in [2.45, 2.75) is 18.2 Å². The van der Waals surface area contributed by atoms with E-state index in [4.69, 9.17) is 0 Å². The van der Waals surface area contributed by atoms with E-state index in [0.29, 0.717) is 0 Å². The molecule has 2 nitrogen and oxygen atoms in total. The monoisotopic (exact) mass is 324 g/mol. The van der Waals surface area contributed by atoms with Crippen LogP contribution in [0.15, 0.2) is 47.4 Å². The Labute approximate surface area is 143 Å². The molecule has 0 aliphatic carbocycles. The maximum atomic E-state index is 3.28. The van der Waals surface area contributed by atoms with E-state index in [-0.39, 0.29) is 0 Å². The third kappa shape index (κ3) is 3.31. The number of thioether (sulfide) groups is 1. The molecule has 0 atom stereocenters. The summed E-state index contributed by atoms with van der Waals surface area (Å²) in [7, 11) is 4.18. The van der Waals surface area contributed by atoms with Gasteiger partial charge in [-0.15, -0.1) is 11.8 Å². The number of rotatable bonds is 5. The van der Waals surface area contributed by atoms with Gasteiger partial charge in [-0.05, 0) is 67.2 Å². The van der Waals surface area contributed by atoms with Gasteiger partial charge in [-0.2, -0.15) is 0 Å². The summed E-state index contributed by atoms with van der Waals surface area (Å²) in [5.74, 6) is 1.10. The molecule has 1 heterocycles. The molecule has 1 aliphatic rings. The van der Waals surface area contributed by atoms with E-state index >= 15 is 0 Å². The highest BCUT2D eigenvalue weighted by molar-refractivity contribution is 7.99. The van der Waals surface area contributed by atoms with Crippen LogP contribution < -0.4 is 10.2 Å². The molecule has 1 aliphatic heterocycles. The number of nitrogens with zero attached hydrogens (tertiary/aromatic N) is 1. The zero-order valence-electron chi connectivity index (χ0n) is 14.1. The van der Waals surface area contributed by atoms with Crippen LogP contribution in [0.3, 0.4) is 0 Å². The maximum absolute atomic E-state index is 3.28. The molecule has 1 N–H and O–H groups in total. The Kier molecular flexibility index (Phi) is 5.09. The first-order valence-electron chi connectivity index (χ1n) is 8.19. The van der Waals surface area contributed by atoms with E-state index < -0.39 is 0 Å². The van der Waals surface area contributed by atoms with Crippen LogP contribution in [0.1, 0.15) is 24.5 Å². The van der Waals surface area contributed by atoms with Crippen LogP contribution in [0.25, 0.3) is 11.6 Å². The molecular formula is C20H24N2S. The summed E-state index contributed by atoms with van der Waals surface area (Å²) < 4.78 is 0. The molecule has 3 rings (SSSR count). The lowest BCUT2D eigenvalue weighted by Gasteiger charge is -2.23. The fourth-order valence-corrected chi connectivity index (χ4v) is 3.80. The third-order valence-electron chi connectivity index (χ3n) is 4.26. The fraction of sp³-hybridized carbons (Fsp3) is 0.300. The van der Waals surface area contributed by atoms with Gasteiger partial charge in [0.2, 0.25) is 0 Å². The van der Waals surface area contributed by atoms with E-state index in [1.54, 1.807) is 0 Å². The van der Waals surface area contributed by atoms with Crippen molar-refractivity contribution in [2.75, 3.05) is 31.3 Å². The van der Waals surface area contributed by atoms with Gasteiger partial charge in [0.1, 0.15) is 0 Å². The van der Waals surface area contributed by atoms with Crippen molar-refractivity contribution < 1.29 is 0 Å². The molecule has 2 aromatic carbocycles. The molecule has 0 radical (unpaired) electrons. The number of benzene rings is 2. The molecule has 0 fully saturated rings. The molecule has 2 aromatic rings. The van der Waals surface area contributed by atoms with Crippen LogP contribution in [0.2, 0.25) is 0 Å². The molecule has 0 saturated carbocycles. The van der Waals surface area contributed by atoms with Crippen LogP contribution in [0, 0.1) is 0 Å². The van der Waals surface area contributed by atoms with E-state index in [9.17, 15) is 0 Å². The lowest BCUT2D eigenvalue weighted by atomic mass is 9.99. The predicted octanol–water partition coefficient (Wildman–Crippen LogP) is 5.03. The van der Waals surface area contributed by atoms with Crippen molar-refractivity contribution in [3.05, 3.63) is 53.6 Å². The second-order valence-corrected chi connectivity index (χ2v) is 7.09. The van der Waals surface area contributed by atoms with Crippen LogP contribution in [0.5, 0.6) is 0 Å². The van der Waals surface area contributed by atoms with Gasteiger partial charge in [0, 0.05) is 28.9 Å². The minimum Gasteiger partial charge on any atom is -0.344 e. The second-order valence-electron chi connectivity index (χ2n) is 5.75. The van der Waals surface area contributed by atoms with Crippen molar-refractivity contribution >= 4 is 34.8 Å². The Hall–Kier alpha value is -1.71. The van der Waals surface area contributed by atoms with Gasteiger partial charge in [0.15, 0.2) is 0 Å². The highest BCUT2D eigenvalue weighted by Crippen LogP contribution is 2.41. The minimum atomic E-state index is 0.988. The smallest absolute Gasteiger partial charge is 0.0485 e. The van der Waals surface area contributed by atoms with Gasteiger partial charge in [-0.3, -0.25) is 0 Å². The lowest BCUT2D eigenvalue weighted by Crippen LogP contribution is -2.12. The van der Waals surface area contributed by atoms with Gasteiger partial charge in [-0.1, -0.05) is 25.1 Å². The summed E-state index contributed by atoms with van der Waals surface area (Å²) >= 11 is 1.90. The molecule has 120 valence electrons. The SMILES string of the molecule is CCSc1ccc2c(c1)C(CCNC)=Cc1ccccc1N2C. The van der Waals surface area contributed by atoms with Crippen molar-refractivity contribution in [3.8, 4) is 0 Å². The number of anilines is 2. The van der Waals surface area contributed by atoms with Gasteiger partial charge < -0.3 is 10.2 Å². The summed E-state index contributed by atoms with van der Waals surface area (Å²) in [6.07, 6.45) is 3.39. The van der Waals surface area contributed by atoms with E-state index in [2.05, 4.69) is 72.7 Å². The van der Waals surface area contributed by atoms with Crippen LogP contribution in [-0.4, -0.2) is 26.4 Å². The largest absolute Gasteiger partial charge is 0.344 e. The summed E-state index contributed by atoms with van der Waals surface area (Å²) in [6.45, 7) is 3.19. The summed E-state index contributed by atoms with van der Waals surface area (Å²) in [5.41, 5.74) is 6.62. The third-order valence-corrected chi connectivity index (χ3v) is 5.13. The number of fused-ring (bicyclic) bond motifs is 2. The zero-order chi connectivity index (χ0) is 16.2. The zero-order valence-corrected chi connectivity index (χ0v) is 14.9. The number of hydrogen-bond acceptors (Lipinski definition) is 3. The Bertz CT molecular complexity index is 721. The first-order valence-corrected chi connectivity index (χ1v) is 9.18. The average molecular weight is 324 g/mol. The standard InChI is InChI=1S/C20H24N2S/c1-4-23-17-9-10-20-18(14-17)15(11-12-21-2)13-16-7-5-6-8-19(16)22(20)3/h5-10,13-14,21H,4,11-12H2,1-3H3. The Morgan fingerprint density at radius 1 is 1.09 bits per heavy atom. The first-order chi connectivity index (χ1) is 11.2. The highest BCUT2D eigenvalue weighted by atomic mass is 32.2. The van der Waals surface area contributed by atoms with Gasteiger partial charge in [0.25, 0.3) is 0 Å². The Morgan fingerprint density at radius 3 is 2.70 bits per heavy atom. The molecule has 0 bridgehead atoms. The molecule has 0 aromatic heterocycles. The van der Waals surface area contributed by atoms with E-state index in [1.165, 1.54) is 33.0 Å². The molecule has 0 unspecified atom stereocenters. The van der Waals surface area contributed by atoms with Crippen LogP contribution in [-0.2, 0) is 0 Å². The predicted molar refractivity (Wildman–Crippen MR) is 104 cm³/mol. The van der Waals surface area contributed by atoms with Gasteiger partial charge in [0.05, 0.1) is 0 Å². The molecule has 0 amide bonds. The van der Waals surface area contributed by atoms with Crippen molar-refractivity contribution in [1.29, 1.82) is 0 Å². The topological polar surface area (TPSA) is 15.3 Å². The van der Waals surface area contributed by atoms with Crippen LogP contribution in [0.4, 0.5) is 11.4 Å². The Morgan fingerprint density at radius 2 is 1.91 bits per heavy atom. The van der Waals surface area contributed by atoms with Crippen molar-refractivity contribution in [2.24, 2.45) is 0 Å². The number of para-hydroxylation sites is 1. The lowest BCUT2D eigenvalue weighted by molar-refractivity contribution is 0.816. The second kappa shape index (κ2) is 7.24. The molecule has 3 heteroatoms. The quantitative estimate of drug-likeness (QED) is 0.777. The number of nitrogens with one attached hydrogen (secondary N) is 1. The van der Waals surface area contributed by atoms with E-state index in [0.717, 1.165) is 18.7 Å². The van der Waals surface area contributed by atoms with Gasteiger partial charge in [-0.25, -0.2) is 0 Å². The average Bonchev–Trinajstić information content (AvgIpc) is 2.69. The fourth-order valence-electron chi connectivity index (χ4n) is 3.10. The Balaban J connectivity index is 2.15. The molecule has 0 saturated heterocycles.